The molecule has 0 amide bonds. The topological polar surface area (TPSA) is 37.8 Å². The number of aromatic nitrogens is 2. The molecule has 0 aliphatic carbocycles. The summed E-state index contributed by atoms with van der Waals surface area (Å²) in [6, 6.07) is 0. The number of nitrogens with zero attached hydrogens (tertiary/aromatic N) is 2. The van der Waals surface area contributed by atoms with E-state index < -0.39 is 0 Å². The van der Waals surface area contributed by atoms with Crippen LogP contribution in [0, 0.1) is 12.8 Å². The molecule has 0 aliphatic heterocycles. The lowest BCUT2D eigenvalue weighted by molar-refractivity contribution is 0.606. The number of aryl methyl sites for hydroxylation is 1. The van der Waals surface area contributed by atoms with Crippen LogP contribution in [-0.2, 0) is 0 Å². The van der Waals surface area contributed by atoms with Crippen LogP contribution < -0.4 is 5.32 Å². The molecule has 1 aromatic heterocycles. The summed E-state index contributed by atoms with van der Waals surface area (Å²) >= 11 is 0. The first-order valence-corrected chi connectivity index (χ1v) is 4.71. The fourth-order valence-electron chi connectivity index (χ4n) is 1.06. The van der Waals surface area contributed by atoms with E-state index in [9.17, 15) is 0 Å². The first-order chi connectivity index (χ1) is 6.20. The Hall–Kier alpha value is -1.12. The number of hydrogen-bond donors (Lipinski definition) is 1. The maximum Gasteiger partial charge on any atom is 0.147 e. The van der Waals surface area contributed by atoms with Gasteiger partial charge in [-0.25, -0.2) is 4.98 Å². The molecular weight excluding hydrogens is 162 g/mol. The Bertz CT molecular complexity index is 258. The van der Waals surface area contributed by atoms with Crippen LogP contribution >= 0.6 is 0 Å². The molecule has 0 saturated heterocycles. The van der Waals surface area contributed by atoms with E-state index in [0.717, 1.165) is 30.4 Å². The van der Waals surface area contributed by atoms with Crippen molar-refractivity contribution in [2.24, 2.45) is 5.92 Å². The lowest BCUT2D eigenvalue weighted by Crippen LogP contribution is -2.07. The van der Waals surface area contributed by atoms with Crippen molar-refractivity contribution in [1.29, 1.82) is 0 Å². The first-order valence-electron chi connectivity index (χ1n) is 4.71. The van der Waals surface area contributed by atoms with E-state index in [4.69, 9.17) is 0 Å². The maximum atomic E-state index is 4.20. The van der Waals surface area contributed by atoms with Gasteiger partial charge in [0.05, 0.1) is 5.69 Å². The number of hydrogen-bond acceptors (Lipinski definition) is 3. The van der Waals surface area contributed by atoms with Crippen LogP contribution in [0.15, 0.2) is 12.4 Å². The van der Waals surface area contributed by atoms with Crippen molar-refractivity contribution in [1.82, 2.24) is 9.97 Å². The predicted molar refractivity (Wildman–Crippen MR) is 54.7 cm³/mol. The van der Waals surface area contributed by atoms with Crippen LogP contribution in [0.25, 0.3) is 0 Å². The van der Waals surface area contributed by atoms with E-state index in [1.807, 2.05) is 6.92 Å². The molecule has 13 heavy (non-hydrogen) atoms. The largest absolute Gasteiger partial charge is 0.369 e. The number of rotatable bonds is 4. The standard InChI is InChI=1S/C10H17N3/c1-8(2)4-5-12-10-9(3)11-6-7-13-10/h6-8H,4-5H2,1-3H3,(H,12,13). The molecule has 0 atom stereocenters. The highest BCUT2D eigenvalue weighted by Gasteiger charge is 1.98. The van der Waals surface area contributed by atoms with E-state index in [1.165, 1.54) is 0 Å². The Morgan fingerprint density at radius 2 is 2.00 bits per heavy atom. The lowest BCUT2D eigenvalue weighted by Gasteiger charge is -2.08. The minimum Gasteiger partial charge on any atom is -0.369 e. The molecule has 0 spiro atoms. The van der Waals surface area contributed by atoms with E-state index in [0.29, 0.717) is 0 Å². The fourth-order valence-corrected chi connectivity index (χ4v) is 1.06. The second kappa shape index (κ2) is 4.80. The van der Waals surface area contributed by atoms with Crippen LogP contribution in [0.3, 0.4) is 0 Å². The molecule has 1 N–H and O–H groups in total. The monoisotopic (exact) mass is 179 g/mol. The number of anilines is 1. The highest BCUT2D eigenvalue weighted by atomic mass is 15.0. The Kier molecular flexibility index (Phi) is 3.68. The van der Waals surface area contributed by atoms with Crippen LogP contribution in [0.4, 0.5) is 5.82 Å². The van der Waals surface area contributed by atoms with Gasteiger partial charge in [-0.2, -0.15) is 0 Å². The zero-order valence-corrected chi connectivity index (χ0v) is 8.54. The summed E-state index contributed by atoms with van der Waals surface area (Å²) < 4.78 is 0. The third-order valence-electron chi connectivity index (χ3n) is 1.90. The Labute approximate surface area is 79.6 Å². The summed E-state index contributed by atoms with van der Waals surface area (Å²) in [5.74, 6) is 1.63. The maximum absolute atomic E-state index is 4.20. The summed E-state index contributed by atoms with van der Waals surface area (Å²) in [7, 11) is 0. The van der Waals surface area contributed by atoms with Crippen molar-refractivity contribution in [3.05, 3.63) is 18.1 Å². The summed E-state index contributed by atoms with van der Waals surface area (Å²) in [6.45, 7) is 7.36. The molecular formula is C10H17N3. The lowest BCUT2D eigenvalue weighted by atomic mass is 10.1. The summed E-state index contributed by atoms with van der Waals surface area (Å²) in [5.41, 5.74) is 0.964. The van der Waals surface area contributed by atoms with Gasteiger partial charge in [-0.3, -0.25) is 4.98 Å². The predicted octanol–water partition coefficient (Wildman–Crippen LogP) is 2.24. The van der Waals surface area contributed by atoms with Crippen LogP contribution in [-0.4, -0.2) is 16.5 Å². The quantitative estimate of drug-likeness (QED) is 0.770. The minimum atomic E-state index is 0.726. The molecule has 1 rings (SSSR count). The van der Waals surface area contributed by atoms with Gasteiger partial charge in [0.2, 0.25) is 0 Å². The molecule has 0 radical (unpaired) electrons. The smallest absolute Gasteiger partial charge is 0.147 e. The molecule has 0 unspecified atom stereocenters. The highest BCUT2D eigenvalue weighted by molar-refractivity contribution is 5.37. The van der Waals surface area contributed by atoms with E-state index in [2.05, 4.69) is 29.1 Å². The summed E-state index contributed by atoms with van der Waals surface area (Å²) in [6.07, 6.45) is 4.59. The molecule has 0 aromatic carbocycles. The SMILES string of the molecule is Cc1nccnc1NCCC(C)C. The van der Waals surface area contributed by atoms with Crippen molar-refractivity contribution < 1.29 is 0 Å². The molecule has 3 heteroatoms. The Balaban J connectivity index is 2.41. The molecule has 1 aromatic rings. The zero-order chi connectivity index (χ0) is 9.68. The van der Waals surface area contributed by atoms with Gasteiger partial charge in [-0.05, 0) is 19.3 Å². The zero-order valence-electron chi connectivity index (χ0n) is 8.54. The van der Waals surface area contributed by atoms with Crippen molar-refractivity contribution in [2.45, 2.75) is 27.2 Å². The van der Waals surface area contributed by atoms with Gasteiger partial charge in [0.15, 0.2) is 0 Å². The third kappa shape index (κ3) is 3.40. The van der Waals surface area contributed by atoms with E-state index >= 15 is 0 Å². The molecule has 0 bridgehead atoms. The van der Waals surface area contributed by atoms with Crippen molar-refractivity contribution in [2.75, 3.05) is 11.9 Å². The van der Waals surface area contributed by atoms with Gasteiger partial charge in [0.1, 0.15) is 5.82 Å². The number of nitrogens with one attached hydrogen (secondary N) is 1. The molecule has 0 fully saturated rings. The van der Waals surface area contributed by atoms with Crippen LogP contribution in [0.2, 0.25) is 0 Å². The van der Waals surface area contributed by atoms with Gasteiger partial charge >= 0.3 is 0 Å². The van der Waals surface area contributed by atoms with Gasteiger partial charge in [-0.1, -0.05) is 13.8 Å². The van der Waals surface area contributed by atoms with Gasteiger partial charge < -0.3 is 5.32 Å². The molecule has 3 nitrogen and oxygen atoms in total. The Morgan fingerprint density at radius 1 is 1.31 bits per heavy atom. The average Bonchev–Trinajstić information content (AvgIpc) is 2.08. The van der Waals surface area contributed by atoms with Crippen LogP contribution in [0.5, 0.6) is 0 Å². The van der Waals surface area contributed by atoms with Gasteiger partial charge in [0, 0.05) is 18.9 Å². The van der Waals surface area contributed by atoms with Crippen molar-refractivity contribution >= 4 is 5.82 Å². The summed E-state index contributed by atoms with van der Waals surface area (Å²) in [5, 5.41) is 3.27. The minimum absolute atomic E-state index is 0.726. The van der Waals surface area contributed by atoms with Crippen LogP contribution in [0.1, 0.15) is 26.0 Å². The second-order valence-electron chi connectivity index (χ2n) is 3.60. The average molecular weight is 179 g/mol. The third-order valence-corrected chi connectivity index (χ3v) is 1.90. The normalized spacial score (nSPS) is 10.5. The van der Waals surface area contributed by atoms with E-state index in [1.54, 1.807) is 12.4 Å². The molecule has 0 aliphatic rings. The van der Waals surface area contributed by atoms with Gasteiger partial charge in [0.25, 0.3) is 0 Å². The first kappa shape index (κ1) is 9.96. The molecule has 72 valence electrons. The highest BCUT2D eigenvalue weighted by Crippen LogP contribution is 2.07. The molecule has 1 heterocycles. The molecule has 0 saturated carbocycles. The van der Waals surface area contributed by atoms with Crippen molar-refractivity contribution in [3.8, 4) is 0 Å². The Morgan fingerprint density at radius 3 is 2.62 bits per heavy atom. The van der Waals surface area contributed by atoms with Crippen molar-refractivity contribution in [3.63, 3.8) is 0 Å². The summed E-state index contributed by atoms with van der Waals surface area (Å²) in [4.78, 5) is 8.35. The van der Waals surface area contributed by atoms with Gasteiger partial charge in [-0.15, -0.1) is 0 Å². The van der Waals surface area contributed by atoms with E-state index in [-0.39, 0.29) is 0 Å². The fraction of sp³-hybridized carbons (Fsp3) is 0.600. The second-order valence-corrected chi connectivity index (χ2v) is 3.60.